The SMILES string of the molecule is COC(=O)C(Cc1ccc(OCCCN(Cc2cccc(C)c2)C(=O)C(C)C)cc1)Nc1ccccc1C(=O)c1ccccc1. The fourth-order valence-corrected chi connectivity index (χ4v) is 5.14. The number of rotatable bonds is 15. The van der Waals surface area contributed by atoms with E-state index in [1.807, 2.05) is 73.3 Å². The zero-order chi connectivity index (χ0) is 32.2. The Balaban J connectivity index is 1.35. The first-order valence-electron chi connectivity index (χ1n) is 15.3. The van der Waals surface area contributed by atoms with Crippen LogP contribution in [0.25, 0.3) is 0 Å². The molecule has 1 atom stereocenters. The van der Waals surface area contributed by atoms with Gasteiger partial charge in [0.1, 0.15) is 11.8 Å². The van der Waals surface area contributed by atoms with E-state index in [2.05, 4.69) is 30.4 Å². The number of para-hydroxylation sites is 1. The maximum atomic E-state index is 13.2. The van der Waals surface area contributed by atoms with Gasteiger partial charge in [0.25, 0.3) is 0 Å². The Morgan fingerprint density at radius 3 is 2.22 bits per heavy atom. The van der Waals surface area contributed by atoms with Crippen LogP contribution in [-0.2, 0) is 27.3 Å². The molecule has 4 rings (SSSR count). The molecule has 0 aliphatic rings. The minimum Gasteiger partial charge on any atom is -0.494 e. The highest BCUT2D eigenvalue weighted by Gasteiger charge is 2.23. The molecule has 4 aromatic rings. The van der Waals surface area contributed by atoms with Crippen LogP contribution in [-0.4, -0.2) is 48.9 Å². The van der Waals surface area contributed by atoms with Gasteiger partial charge in [-0.15, -0.1) is 0 Å². The van der Waals surface area contributed by atoms with E-state index < -0.39 is 12.0 Å². The summed E-state index contributed by atoms with van der Waals surface area (Å²) in [5.74, 6) is 0.200. The second kappa shape index (κ2) is 16.2. The summed E-state index contributed by atoms with van der Waals surface area (Å²) in [4.78, 5) is 40.7. The number of ether oxygens (including phenoxy) is 2. The van der Waals surface area contributed by atoms with Gasteiger partial charge in [0, 0.05) is 42.2 Å². The van der Waals surface area contributed by atoms with Gasteiger partial charge in [-0.2, -0.15) is 0 Å². The summed E-state index contributed by atoms with van der Waals surface area (Å²) in [5, 5.41) is 3.24. The number of carbonyl (C=O) groups excluding carboxylic acids is 3. The monoisotopic (exact) mass is 606 g/mol. The van der Waals surface area contributed by atoms with Gasteiger partial charge in [0.05, 0.1) is 13.7 Å². The fourth-order valence-electron chi connectivity index (χ4n) is 5.14. The van der Waals surface area contributed by atoms with Crippen molar-refractivity contribution in [3.05, 3.63) is 131 Å². The molecule has 0 heterocycles. The standard InChI is InChI=1S/C38H42N2O5/c1-27(2)37(42)40(26-30-13-10-12-28(3)24-30)22-11-23-45-32-20-18-29(19-21-32)25-35(38(43)44-4)39-34-17-9-8-16-33(34)36(41)31-14-6-5-7-15-31/h5-10,12-21,24,27,35,39H,11,22-23,25-26H2,1-4H3. The fraction of sp³-hybridized carbons (Fsp3) is 0.289. The van der Waals surface area contributed by atoms with E-state index in [-0.39, 0.29) is 17.6 Å². The summed E-state index contributed by atoms with van der Waals surface area (Å²) < 4.78 is 11.1. The van der Waals surface area contributed by atoms with Gasteiger partial charge >= 0.3 is 5.97 Å². The minimum atomic E-state index is -0.704. The van der Waals surface area contributed by atoms with Crippen LogP contribution in [0.1, 0.15) is 52.9 Å². The molecule has 0 spiro atoms. The van der Waals surface area contributed by atoms with Crippen molar-refractivity contribution in [3.8, 4) is 5.75 Å². The van der Waals surface area contributed by atoms with Crippen LogP contribution < -0.4 is 10.1 Å². The molecule has 45 heavy (non-hydrogen) atoms. The molecule has 7 heteroatoms. The van der Waals surface area contributed by atoms with Gasteiger partial charge in [-0.1, -0.05) is 98.3 Å². The Morgan fingerprint density at radius 1 is 0.822 bits per heavy atom. The number of hydrogen-bond acceptors (Lipinski definition) is 6. The van der Waals surface area contributed by atoms with Gasteiger partial charge in [-0.3, -0.25) is 9.59 Å². The van der Waals surface area contributed by atoms with E-state index >= 15 is 0 Å². The third-order valence-electron chi connectivity index (χ3n) is 7.49. The molecule has 0 saturated heterocycles. The van der Waals surface area contributed by atoms with Crippen LogP contribution in [0.15, 0.2) is 103 Å². The summed E-state index contributed by atoms with van der Waals surface area (Å²) >= 11 is 0. The third kappa shape index (κ3) is 9.54. The number of carbonyl (C=O) groups is 3. The zero-order valence-corrected chi connectivity index (χ0v) is 26.5. The van der Waals surface area contributed by atoms with Gasteiger partial charge in [0.15, 0.2) is 5.78 Å². The van der Waals surface area contributed by atoms with Crippen LogP contribution >= 0.6 is 0 Å². The molecule has 0 radical (unpaired) electrons. The molecule has 0 aromatic heterocycles. The van der Waals surface area contributed by atoms with Gasteiger partial charge in [0.2, 0.25) is 5.91 Å². The largest absolute Gasteiger partial charge is 0.494 e. The zero-order valence-electron chi connectivity index (χ0n) is 26.5. The average molecular weight is 607 g/mol. The van der Waals surface area contributed by atoms with Crippen molar-refractivity contribution in [1.29, 1.82) is 0 Å². The molecular formula is C38H42N2O5. The number of ketones is 1. The van der Waals surface area contributed by atoms with Crippen molar-refractivity contribution in [1.82, 2.24) is 4.90 Å². The first-order chi connectivity index (χ1) is 21.7. The first-order valence-corrected chi connectivity index (χ1v) is 15.3. The smallest absolute Gasteiger partial charge is 0.328 e. The number of esters is 1. The van der Waals surface area contributed by atoms with Gasteiger partial charge in [-0.05, 0) is 48.7 Å². The number of nitrogens with one attached hydrogen (secondary N) is 1. The number of anilines is 1. The van der Waals surface area contributed by atoms with Crippen LogP contribution in [0.2, 0.25) is 0 Å². The Morgan fingerprint density at radius 2 is 1.53 bits per heavy atom. The molecule has 1 N–H and O–H groups in total. The van der Waals surface area contributed by atoms with E-state index in [1.54, 1.807) is 30.3 Å². The highest BCUT2D eigenvalue weighted by molar-refractivity contribution is 6.12. The molecule has 234 valence electrons. The van der Waals surface area contributed by atoms with Crippen molar-refractivity contribution >= 4 is 23.3 Å². The lowest BCUT2D eigenvalue weighted by atomic mass is 10.00. The van der Waals surface area contributed by atoms with Crippen LogP contribution in [0, 0.1) is 12.8 Å². The molecule has 0 bridgehead atoms. The number of amides is 1. The van der Waals surface area contributed by atoms with E-state index in [1.165, 1.54) is 12.7 Å². The lowest BCUT2D eigenvalue weighted by molar-refractivity contribution is -0.141. The van der Waals surface area contributed by atoms with Crippen LogP contribution in [0.5, 0.6) is 5.75 Å². The summed E-state index contributed by atoms with van der Waals surface area (Å²) in [6.07, 6.45) is 1.05. The lowest BCUT2D eigenvalue weighted by Crippen LogP contribution is -2.35. The van der Waals surface area contributed by atoms with E-state index in [4.69, 9.17) is 9.47 Å². The molecular weight excluding hydrogens is 564 g/mol. The third-order valence-corrected chi connectivity index (χ3v) is 7.49. The second-order valence-corrected chi connectivity index (χ2v) is 11.4. The predicted molar refractivity (Wildman–Crippen MR) is 177 cm³/mol. The average Bonchev–Trinajstić information content (AvgIpc) is 3.06. The highest BCUT2D eigenvalue weighted by Crippen LogP contribution is 2.22. The number of aryl methyl sites for hydroxylation is 1. The quantitative estimate of drug-likeness (QED) is 0.0903. The molecule has 0 saturated carbocycles. The maximum Gasteiger partial charge on any atom is 0.328 e. The van der Waals surface area contributed by atoms with Crippen molar-refractivity contribution in [2.45, 2.75) is 46.2 Å². The van der Waals surface area contributed by atoms with Gasteiger partial charge < -0.3 is 19.7 Å². The van der Waals surface area contributed by atoms with Crippen molar-refractivity contribution in [2.24, 2.45) is 5.92 Å². The summed E-state index contributed by atoms with van der Waals surface area (Å²) in [5.41, 5.74) is 4.81. The van der Waals surface area contributed by atoms with Crippen molar-refractivity contribution in [3.63, 3.8) is 0 Å². The lowest BCUT2D eigenvalue weighted by Gasteiger charge is -2.25. The molecule has 0 aliphatic carbocycles. The van der Waals surface area contributed by atoms with E-state index in [0.29, 0.717) is 55.1 Å². The molecule has 0 aliphatic heterocycles. The number of nitrogens with zero attached hydrogens (tertiary/aromatic N) is 1. The van der Waals surface area contributed by atoms with Crippen molar-refractivity contribution in [2.75, 3.05) is 25.6 Å². The Labute approximate surface area is 266 Å². The topological polar surface area (TPSA) is 84.9 Å². The van der Waals surface area contributed by atoms with Crippen LogP contribution in [0.4, 0.5) is 5.69 Å². The Bertz CT molecular complexity index is 1570. The molecule has 1 unspecified atom stereocenters. The highest BCUT2D eigenvalue weighted by atomic mass is 16.5. The number of hydrogen-bond donors (Lipinski definition) is 1. The Kier molecular flexibility index (Phi) is 11.9. The molecule has 0 fully saturated rings. The minimum absolute atomic E-state index is 0.0793. The van der Waals surface area contributed by atoms with Gasteiger partial charge in [-0.25, -0.2) is 4.79 Å². The second-order valence-electron chi connectivity index (χ2n) is 11.4. The maximum absolute atomic E-state index is 13.2. The number of benzene rings is 4. The Hall–Kier alpha value is -4.91. The normalized spacial score (nSPS) is 11.5. The summed E-state index contributed by atoms with van der Waals surface area (Å²) in [6, 6.07) is 31.3. The number of methoxy groups -OCH3 is 1. The van der Waals surface area contributed by atoms with Crippen LogP contribution in [0.3, 0.4) is 0 Å². The van der Waals surface area contributed by atoms with Crippen molar-refractivity contribution < 1.29 is 23.9 Å². The molecule has 4 aromatic carbocycles. The van der Waals surface area contributed by atoms with E-state index in [9.17, 15) is 14.4 Å². The van der Waals surface area contributed by atoms with E-state index in [0.717, 1.165) is 11.1 Å². The molecule has 1 amide bonds. The molecule has 7 nitrogen and oxygen atoms in total. The summed E-state index contributed by atoms with van der Waals surface area (Å²) in [6.45, 7) is 7.54. The first kappa shape index (κ1) is 33.0. The summed E-state index contributed by atoms with van der Waals surface area (Å²) in [7, 11) is 1.35. The predicted octanol–water partition coefficient (Wildman–Crippen LogP) is 6.88.